The first-order valence-electron chi connectivity index (χ1n) is 8.02. The highest BCUT2D eigenvalue weighted by Crippen LogP contribution is 2.29. The zero-order valence-corrected chi connectivity index (χ0v) is 15.4. The highest BCUT2D eigenvalue weighted by atomic mass is 32.1. The van der Waals surface area contributed by atoms with E-state index in [4.69, 9.17) is 21.7 Å². The number of hydrogen-bond donors (Lipinski definition) is 1. The molecule has 0 unspecified atom stereocenters. The molecule has 0 bridgehead atoms. The van der Waals surface area contributed by atoms with Gasteiger partial charge in [-0.25, -0.2) is 5.10 Å². The fraction of sp³-hybridized carbons (Fsp3) is 0.167. The third-order valence-electron chi connectivity index (χ3n) is 3.65. The summed E-state index contributed by atoms with van der Waals surface area (Å²) in [5.41, 5.74) is 1.49. The average Bonchev–Trinajstić information content (AvgIpc) is 3.06. The van der Waals surface area contributed by atoms with E-state index in [2.05, 4.69) is 15.3 Å². The lowest BCUT2D eigenvalue weighted by atomic mass is 10.2. The molecule has 3 aromatic rings. The van der Waals surface area contributed by atoms with E-state index in [1.165, 1.54) is 13.3 Å². The minimum absolute atomic E-state index is 0.265. The highest BCUT2D eigenvalue weighted by molar-refractivity contribution is 7.71. The van der Waals surface area contributed by atoms with E-state index in [0.29, 0.717) is 28.3 Å². The van der Waals surface area contributed by atoms with E-state index in [9.17, 15) is 13.2 Å². The van der Waals surface area contributed by atoms with E-state index in [1.54, 1.807) is 18.2 Å². The summed E-state index contributed by atoms with van der Waals surface area (Å²) in [6, 6.07) is 14.5. The Morgan fingerprint density at radius 3 is 2.61 bits per heavy atom. The number of halogens is 3. The molecule has 3 rings (SSSR count). The van der Waals surface area contributed by atoms with Crippen molar-refractivity contribution in [1.82, 2.24) is 14.9 Å². The number of alkyl halides is 3. The topological polar surface area (TPSA) is 64.4 Å². The van der Waals surface area contributed by atoms with Gasteiger partial charge in [-0.2, -0.15) is 22.9 Å². The van der Waals surface area contributed by atoms with Crippen LogP contribution in [-0.2, 0) is 12.8 Å². The predicted octanol–water partition coefficient (Wildman–Crippen LogP) is 4.43. The summed E-state index contributed by atoms with van der Waals surface area (Å²) in [6.07, 6.45) is -3.46. The average molecular weight is 408 g/mol. The summed E-state index contributed by atoms with van der Waals surface area (Å²) < 4.78 is 50.1. The van der Waals surface area contributed by atoms with E-state index in [1.807, 2.05) is 30.3 Å². The molecule has 0 saturated heterocycles. The van der Waals surface area contributed by atoms with Gasteiger partial charge in [-0.1, -0.05) is 30.3 Å². The molecule has 146 valence electrons. The summed E-state index contributed by atoms with van der Waals surface area (Å²) in [5, 5.41) is 9.02. The summed E-state index contributed by atoms with van der Waals surface area (Å²) >= 11 is 4.79. The molecule has 28 heavy (non-hydrogen) atoms. The molecule has 0 fully saturated rings. The van der Waals surface area contributed by atoms with Crippen molar-refractivity contribution in [3.8, 4) is 11.5 Å². The van der Waals surface area contributed by atoms with Crippen LogP contribution >= 0.6 is 12.2 Å². The molecule has 1 heterocycles. The minimum atomic E-state index is -4.68. The molecule has 0 amide bonds. The van der Waals surface area contributed by atoms with Gasteiger partial charge in [-0.3, -0.25) is 0 Å². The van der Waals surface area contributed by atoms with Crippen LogP contribution in [-0.4, -0.2) is 28.2 Å². The van der Waals surface area contributed by atoms with Gasteiger partial charge < -0.3 is 9.47 Å². The van der Waals surface area contributed by atoms with Crippen LogP contribution in [0.15, 0.2) is 53.6 Å². The molecule has 1 N–H and O–H groups in total. The Morgan fingerprint density at radius 2 is 1.93 bits per heavy atom. The van der Waals surface area contributed by atoms with Gasteiger partial charge in [0.15, 0.2) is 11.5 Å². The Kier molecular flexibility index (Phi) is 5.78. The van der Waals surface area contributed by atoms with Crippen LogP contribution in [0.5, 0.6) is 11.5 Å². The number of nitrogens with one attached hydrogen (secondary N) is 1. The van der Waals surface area contributed by atoms with Crippen LogP contribution in [0.1, 0.15) is 17.0 Å². The second-order valence-corrected chi connectivity index (χ2v) is 5.98. The van der Waals surface area contributed by atoms with Gasteiger partial charge in [0, 0.05) is 0 Å². The number of hydrogen-bond acceptors (Lipinski definition) is 5. The number of methoxy groups -OCH3 is 1. The fourth-order valence-corrected chi connectivity index (χ4v) is 2.50. The standard InChI is InChI=1S/C18H15F3N4O2S/c1-26-15-9-13(7-8-14(15)27-11-12-5-3-2-4-6-12)10-22-25-16(18(19,20)21)23-24-17(25)28/h2-10H,11H2,1H3,(H,24,28)/b22-10-. The largest absolute Gasteiger partial charge is 0.493 e. The summed E-state index contributed by atoms with van der Waals surface area (Å²) in [6.45, 7) is 0.351. The quantitative estimate of drug-likeness (QED) is 0.484. The number of aromatic amines is 1. The van der Waals surface area contributed by atoms with Crippen LogP contribution in [0.3, 0.4) is 0 Å². The molecule has 1 aromatic heterocycles. The lowest BCUT2D eigenvalue weighted by Crippen LogP contribution is -2.12. The summed E-state index contributed by atoms with van der Waals surface area (Å²) in [4.78, 5) is 0. The molecule has 0 aliphatic rings. The molecule has 0 aliphatic carbocycles. The van der Waals surface area contributed by atoms with Gasteiger partial charge in [0.2, 0.25) is 4.77 Å². The van der Waals surface area contributed by atoms with Gasteiger partial charge in [-0.15, -0.1) is 5.10 Å². The first kappa shape index (κ1) is 19.6. The lowest BCUT2D eigenvalue weighted by Gasteiger charge is -2.11. The Labute approximate surface area is 163 Å². The van der Waals surface area contributed by atoms with Crippen molar-refractivity contribution < 1.29 is 22.6 Å². The number of H-pyrrole nitrogens is 1. The molecule has 0 radical (unpaired) electrons. The van der Waals surface area contributed by atoms with Crippen molar-refractivity contribution in [3.63, 3.8) is 0 Å². The lowest BCUT2D eigenvalue weighted by molar-refractivity contribution is -0.147. The molecular formula is C18H15F3N4O2S. The number of rotatable bonds is 6. The SMILES string of the molecule is COc1cc(/C=N\n2c(C(F)(F)F)n[nH]c2=S)ccc1OCc1ccccc1. The molecular weight excluding hydrogens is 393 g/mol. The van der Waals surface area contributed by atoms with Gasteiger partial charge >= 0.3 is 6.18 Å². The zero-order chi connectivity index (χ0) is 20.1. The number of nitrogens with zero attached hydrogens (tertiary/aromatic N) is 3. The van der Waals surface area contributed by atoms with E-state index >= 15 is 0 Å². The Balaban J connectivity index is 1.80. The molecule has 0 aliphatic heterocycles. The summed E-state index contributed by atoms with van der Waals surface area (Å²) in [5.74, 6) is -0.311. The molecule has 6 nitrogen and oxygen atoms in total. The third kappa shape index (κ3) is 4.58. The maximum absolute atomic E-state index is 12.9. The maximum Gasteiger partial charge on any atom is 0.453 e. The van der Waals surface area contributed by atoms with Crippen molar-refractivity contribution in [2.75, 3.05) is 7.11 Å². The fourth-order valence-electron chi connectivity index (χ4n) is 2.33. The van der Waals surface area contributed by atoms with Crippen LogP contribution < -0.4 is 9.47 Å². The molecule has 0 saturated carbocycles. The zero-order valence-electron chi connectivity index (χ0n) is 14.6. The molecule has 10 heteroatoms. The van der Waals surface area contributed by atoms with Crippen molar-refractivity contribution >= 4 is 18.4 Å². The number of aromatic nitrogens is 3. The molecule has 0 spiro atoms. The molecule has 0 atom stereocenters. The van der Waals surface area contributed by atoms with Crippen molar-refractivity contribution in [2.24, 2.45) is 5.10 Å². The van der Waals surface area contributed by atoms with Crippen molar-refractivity contribution in [1.29, 1.82) is 0 Å². The Morgan fingerprint density at radius 1 is 1.18 bits per heavy atom. The number of ether oxygens (including phenoxy) is 2. The van der Waals surface area contributed by atoms with E-state index in [-0.39, 0.29) is 4.77 Å². The Hall–Kier alpha value is -3.14. The van der Waals surface area contributed by atoms with Crippen LogP contribution in [0.4, 0.5) is 13.2 Å². The smallest absolute Gasteiger partial charge is 0.453 e. The van der Waals surface area contributed by atoms with E-state index in [0.717, 1.165) is 5.56 Å². The van der Waals surface area contributed by atoms with Gasteiger partial charge in [0.1, 0.15) is 6.61 Å². The van der Waals surface area contributed by atoms with E-state index < -0.39 is 12.0 Å². The van der Waals surface area contributed by atoms with Gasteiger partial charge in [-0.05, 0) is 41.5 Å². The highest BCUT2D eigenvalue weighted by Gasteiger charge is 2.37. The normalized spacial score (nSPS) is 11.7. The van der Waals surface area contributed by atoms with Crippen LogP contribution in [0.2, 0.25) is 0 Å². The second kappa shape index (κ2) is 8.26. The summed E-state index contributed by atoms with van der Waals surface area (Å²) in [7, 11) is 1.47. The number of benzene rings is 2. The first-order chi connectivity index (χ1) is 13.4. The van der Waals surface area contributed by atoms with Crippen LogP contribution in [0, 0.1) is 4.77 Å². The molecule has 2 aromatic carbocycles. The third-order valence-corrected chi connectivity index (χ3v) is 3.92. The monoisotopic (exact) mass is 408 g/mol. The Bertz CT molecular complexity index is 1030. The predicted molar refractivity (Wildman–Crippen MR) is 99.2 cm³/mol. The van der Waals surface area contributed by atoms with Crippen molar-refractivity contribution in [2.45, 2.75) is 12.8 Å². The van der Waals surface area contributed by atoms with Crippen molar-refractivity contribution in [3.05, 3.63) is 70.3 Å². The maximum atomic E-state index is 12.9. The van der Waals surface area contributed by atoms with Gasteiger partial charge in [0.25, 0.3) is 5.82 Å². The minimum Gasteiger partial charge on any atom is -0.493 e. The van der Waals surface area contributed by atoms with Gasteiger partial charge in [0.05, 0.1) is 13.3 Å². The second-order valence-electron chi connectivity index (χ2n) is 5.59. The van der Waals surface area contributed by atoms with Crippen LogP contribution in [0.25, 0.3) is 0 Å². The first-order valence-corrected chi connectivity index (χ1v) is 8.43.